The van der Waals surface area contributed by atoms with Crippen molar-refractivity contribution in [2.45, 2.75) is 197 Å². The molecule has 111 heavy (non-hydrogen) atoms. The van der Waals surface area contributed by atoms with Crippen molar-refractivity contribution >= 4 is 0 Å². The molecule has 3 aliphatic rings. The third-order valence-electron chi connectivity index (χ3n) is 20.2. The van der Waals surface area contributed by atoms with E-state index in [-0.39, 0.29) is 113 Å². The zero-order valence-electron chi connectivity index (χ0n) is 67.0. The van der Waals surface area contributed by atoms with Crippen LogP contribution in [0, 0.1) is 59.7 Å². The van der Waals surface area contributed by atoms with Crippen LogP contribution in [0.5, 0.6) is 0 Å². The summed E-state index contributed by atoms with van der Waals surface area (Å²) in [5, 5.41) is 51.4. The predicted molar refractivity (Wildman–Crippen MR) is 440 cm³/mol. The number of rotatable bonds is 12. The normalized spacial score (nSPS) is 14.4. The van der Waals surface area contributed by atoms with E-state index in [0.717, 1.165) is 73.5 Å². The summed E-state index contributed by atoms with van der Waals surface area (Å²) in [6.45, 7) is 35.7. The van der Waals surface area contributed by atoms with Gasteiger partial charge in [-0.25, -0.2) is 0 Å². The molecule has 12 nitrogen and oxygen atoms in total. The van der Waals surface area contributed by atoms with Gasteiger partial charge in [0.25, 0.3) is 0 Å². The van der Waals surface area contributed by atoms with Crippen molar-refractivity contribution in [2.24, 2.45) is 0 Å². The number of benzene rings is 9. The Morgan fingerprint density at radius 2 is 0.586 bits per heavy atom. The molecule has 3 radical (unpaired) electrons. The number of aryl methyl sites for hydroxylation is 6. The molecule has 0 aliphatic heterocycles. The minimum atomic E-state index is -0.375. The number of aromatic nitrogens is 6. The van der Waals surface area contributed by atoms with Crippen LogP contribution >= 0.6 is 0 Å². The van der Waals surface area contributed by atoms with Crippen molar-refractivity contribution in [3.8, 4) is 101 Å². The number of nitrogens with zero attached hydrogens (tertiary/aromatic N) is 6. The van der Waals surface area contributed by atoms with E-state index < -0.39 is 0 Å². The third-order valence-corrected chi connectivity index (χ3v) is 20.2. The second-order valence-corrected chi connectivity index (χ2v) is 30.9. The number of aliphatic hydroxyl groups excluding tert-OH is 6. The quantitative estimate of drug-likeness (QED) is 0.0634. The molecule has 3 aliphatic carbocycles. The average molecular weight is 2020 g/mol. The van der Waals surface area contributed by atoms with Crippen LogP contribution in [0.1, 0.15) is 170 Å². The van der Waals surface area contributed by atoms with E-state index in [2.05, 4.69) is 266 Å². The molecule has 0 saturated carbocycles. The van der Waals surface area contributed by atoms with Crippen LogP contribution in [0.3, 0.4) is 0 Å². The summed E-state index contributed by atoms with van der Waals surface area (Å²) in [5.74, 6) is 0. The Labute approximate surface area is 699 Å². The molecule has 0 fully saturated rings. The molecule has 9 aromatic carbocycles. The smallest absolute Gasteiger partial charge is 0.0539 e. The van der Waals surface area contributed by atoms with Gasteiger partial charge in [0.05, 0.1) is 53.7 Å². The van der Waals surface area contributed by atoms with Gasteiger partial charge in [-0.1, -0.05) is 185 Å². The summed E-state index contributed by atoms with van der Waals surface area (Å²) in [4.78, 5) is 27.3. The maximum absolute atomic E-state index is 8.56. The third kappa shape index (κ3) is 21.6. The molecule has 0 bridgehead atoms. The second kappa shape index (κ2) is 39.1. The summed E-state index contributed by atoms with van der Waals surface area (Å²) in [7, 11) is 0. The van der Waals surface area contributed by atoms with Gasteiger partial charge in [-0.2, -0.15) is 0 Å². The first-order chi connectivity index (χ1) is 51.2. The van der Waals surface area contributed by atoms with Crippen molar-refractivity contribution in [1.82, 2.24) is 29.9 Å². The monoisotopic (exact) mass is 2020 g/mol. The Morgan fingerprint density at radius 1 is 0.297 bits per heavy atom. The summed E-state index contributed by atoms with van der Waals surface area (Å²) in [6, 6.07) is 75.8. The van der Waals surface area contributed by atoms with E-state index in [4.69, 9.17) is 30.6 Å². The number of hydrogen-bond donors (Lipinski definition) is 6. The maximum atomic E-state index is 8.56. The van der Waals surface area contributed by atoms with Crippen LogP contribution < -0.4 is 0 Å². The van der Waals surface area contributed by atoms with Gasteiger partial charge in [0.1, 0.15) is 0 Å². The Kier molecular flexibility index (Phi) is 31.8. The number of fused-ring (bicyclic) bond motifs is 9. The van der Waals surface area contributed by atoms with Gasteiger partial charge >= 0.3 is 0 Å². The molecule has 585 valence electrons. The molecule has 12 aromatic rings. The molecule has 6 unspecified atom stereocenters. The molecule has 0 amide bonds. The topological polar surface area (TPSA) is 199 Å². The van der Waals surface area contributed by atoms with Gasteiger partial charge in [-0.3, -0.25) is 15.0 Å². The van der Waals surface area contributed by atoms with Crippen molar-refractivity contribution < 1.29 is 91.0 Å². The summed E-state index contributed by atoms with van der Waals surface area (Å²) < 4.78 is 0. The first-order valence-corrected chi connectivity index (χ1v) is 37.5. The molecular formula is C96H105Ir3N6O6-3. The first kappa shape index (κ1) is 90.1. The fraction of sp³-hybridized carbons (Fsp3) is 0.312. The molecule has 6 N–H and O–H groups in total. The van der Waals surface area contributed by atoms with Gasteiger partial charge in [-0.15, -0.1) is 95.1 Å². The van der Waals surface area contributed by atoms with Gasteiger partial charge < -0.3 is 45.6 Å². The average Bonchev–Trinajstić information content (AvgIpc) is 1.60. The minimum Gasteiger partial charge on any atom is -0.393 e. The minimum absolute atomic E-state index is 0. The standard InChI is InChI=1S/3C27H23N2.3C5H12O2.3Ir/c1-17-16-28-26(18(2)29-17)21-9-7-8-19(14-21)20-12-13-25-23(15-20)22-10-5-6-11-24(22)27(25,3)4;1-17-16-28-26(18(2)29-17)20-11-9-19(10-12-20)21-13-14-25-23(15-21)22-7-5-6-8-24(22)27(25,3)4;1-17-16-28-26(18(2)29-17)20-11-9-19(10-12-20)21-13-14-23-22-7-5-6-8-24(22)27(3,4)25(23)15-21;3*1-4(6)3-5(2)7;;;/h5-8,10-16H,1-4H3;2*5-11,13-16H,1-4H3;3*4-7H,3H2,1-2H3;;;/q3*-1;;;;;;. The van der Waals surface area contributed by atoms with Gasteiger partial charge in [0.2, 0.25) is 0 Å². The molecule has 0 saturated heterocycles. The molecule has 0 spiro atoms. The first-order valence-electron chi connectivity index (χ1n) is 37.5. The van der Waals surface area contributed by atoms with Crippen LogP contribution in [0.4, 0.5) is 0 Å². The van der Waals surface area contributed by atoms with Crippen LogP contribution in [-0.2, 0) is 76.6 Å². The molecule has 3 heterocycles. The van der Waals surface area contributed by atoms with E-state index in [1.165, 1.54) is 94.6 Å². The Morgan fingerprint density at radius 3 is 0.928 bits per heavy atom. The fourth-order valence-corrected chi connectivity index (χ4v) is 15.0. The largest absolute Gasteiger partial charge is 0.393 e. The van der Waals surface area contributed by atoms with Crippen LogP contribution in [0.25, 0.3) is 101 Å². The fourth-order valence-electron chi connectivity index (χ4n) is 15.0. The molecule has 6 atom stereocenters. The van der Waals surface area contributed by atoms with Crippen LogP contribution in [0.2, 0.25) is 0 Å². The van der Waals surface area contributed by atoms with E-state index in [0.29, 0.717) is 19.3 Å². The summed E-state index contributed by atoms with van der Waals surface area (Å²) >= 11 is 0. The van der Waals surface area contributed by atoms with E-state index >= 15 is 0 Å². The van der Waals surface area contributed by atoms with Crippen molar-refractivity contribution in [3.63, 3.8) is 0 Å². The van der Waals surface area contributed by atoms with E-state index in [9.17, 15) is 0 Å². The molecule has 3 aromatic heterocycles. The Hall–Kier alpha value is -8.07. The summed E-state index contributed by atoms with van der Waals surface area (Å²) in [5.41, 5.74) is 34.9. The number of hydrogen-bond acceptors (Lipinski definition) is 12. The Balaban J connectivity index is 0.000000202. The molecule has 15 rings (SSSR count). The number of aliphatic hydroxyl groups is 6. The SMILES string of the molecule is CC(O)CC(C)O.CC(O)CC(C)O.CC(O)CC(C)O.Cc1cnc(-c2[c-]cc(-c3ccc4c(c3)-c3ccccc3C4(C)C)cc2)c(C)n1.Cc1cnc(-c2[c-]cc(-c3ccc4c(c3)C(C)(C)c3ccccc3-4)cc2)c(C)n1.Cc1cnc(-c2[c-]ccc(-c3ccc4c(c3)-c3ccccc3C4(C)C)c2)c(C)n1.[Ir].[Ir].[Ir]. The Bertz CT molecular complexity index is 5060. The molecule has 15 heteroatoms. The van der Waals surface area contributed by atoms with Crippen molar-refractivity contribution in [3.05, 3.63) is 286 Å². The molecular weight excluding hydrogens is 1910 g/mol. The zero-order valence-corrected chi connectivity index (χ0v) is 74.2. The second-order valence-electron chi connectivity index (χ2n) is 30.9. The zero-order chi connectivity index (χ0) is 78.1. The van der Waals surface area contributed by atoms with Gasteiger partial charge in [0, 0.05) is 129 Å². The van der Waals surface area contributed by atoms with Gasteiger partial charge in [0.15, 0.2) is 0 Å². The van der Waals surface area contributed by atoms with E-state index in [1.807, 2.05) is 66.2 Å². The van der Waals surface area contributed by atoms with Crippen LogP contribution in [0.15, 0.2) is 201 Å². The predicted octanol–water partition coefficient (Wildman–Crippen LogP) is 20.0. The van der Waals surface area contributed by atoms with Crippen molar-refractivity contribution in [1.29, 1.82) is 0 Å². The van der Waals surface area contributed by atoms with E-state index in [1.54, 1.807) is 41.5 Å². The van der Waals surface area contributed by atoms with Crippen molar-refractivity contribution in [2.75, 3.05) is 0 Å². The van der Waals surface area contributed by atoms with Gasteiger partial charge in [-0.05, 0) is 181 Å². The van der Waals surface area contributed by atoms with Crippen LogP contribution in [-0.4, -0.2) is 97.2 Å². The maximum Gasteiger partial charge on any atom is 0.0539 e. The summed E-state index contributed by atoms with van der Waals surface area (Å²) in [6.07, 6.45) is 4.60.